The lowest BCUT2D eigenvalue weighted by Crippen LogP contribution is -1.92. The van der Waals surface area contributed by atoms with Gasteiger partial charge in [0.2, 0.25) is 11.7 Å². The fourth-order valence-corrected chi connectivity index (χ4v) is 2.32. The standard InChI is InChI=1S/C15H12N6O2/c1-9-5-10(6-13(18-9)22-2)15-19-14(20-23-15)11-7-17-12-8-16-3-4-21(11)12/h3-8H,1-2H3. The van der Waals surface area contributed by atoms with Gasteiger partial charge in [0.25, 0.3) is 5.89 Å². The maximum absolute atomic E-state index is 5.38. The summed E-state index contributed by atoms with van der Waals surface area (Å²) >= 11 is 0. The van der Waals surface area contributed by atoms with Crippen molar-refractivity contribution in [2.24, 2.45) is 0 Å². The number of pyridine rings is 1. The van der Waals surface area contributed by atoms with Crippen LogP contribution >= 0.6 is 0 Å². The molecule has 0 saturated carbocycles. The van der Waals surface area contributed by atoms with Crippen molar-refractivity contribution in [1.29, 1.82) is 0 Å². The second-order valence-corrected chi connectivity index (χ2v) is 4.91. The Labute approximate surface area is 130 Å². The minimum Gasteiger partial charge on any atom is -0.481 e. The average Bonchev–Trinajstić information content (AvgIpc) is 3.20. The van der Waals surface area contributed by atoms with E-state index in [1.165, 1.54) is 0 Å². The van der Waals surface area contributed by atoms with Crippen LogP contribution in [0.4, 0.5) is 0 Å². The Morgan fingerprint density at radius 3 is 2.96 bits per heavy atom. The van der Waals surface area contributed by atoms with Crippen LogP contribution in [0.5, 0.6) is 5.88 Å². The van der Waals surface area contributed by atoms with Gasteiger partial charge in [0.15, 0.2) is 5.65 Å². The van der Waals surface area contributed by atoms with E-state index in [1.54, 1.807) is 38.0 Å². The maximum Gasteiger partial charge on any atom is 0.258 e. The number of ether oxygens (including phenoxy) is 1. The first-order chi connectivity index (χ1) is 11.2. The van der Waals surface area contributed by atoms with E-state index in [0.29, 0.717) is 17.6 Å². The molecule has 0 amide bonds. The Hall–Kier alpha value is -3.29. The van der Waals surface area contributed by atoms with E-state index in [0.717, 1.165) is 22.6 Å². The third kappa shape index (κ3) is 2.30. The molecule has 0 spiro atoms. The first-order valence-corrected chi connectivity index (χ1v) is 6.89. The van der Waals surface area contributed by atoms with Crippen molar-refractivity contribution in [2.75, 3.05) is 7.11 Å². The molecule has 8 heteroatoms. The van der Waals surface area contributed by atoms with Crippen LogP contribution in [0.1, 0.15) is 5.69 Å². The van der Waals surface area contributed by atoms with Crippen LogP contribution in [0.25, 0.3) is 28.6 Å². The van der Waals surface area contributed by atoms with Gasteiger partial charge in [-0.05, 0) is 13.0 Å². The van der Waals surface area contributed by atoms with Crippen molar-refractivity contribution in [1.82, 2.24) is 29.5 Å². The number of imidazole rings is 1. The molecule has 0 radical (unpaired) electrons. The highest BCUT2D eigenvalue weighted by molar-refractivity contribution is 5.60. The van der Waals surface area contributed by atoms with E-state index in [-0.39, 0.29) is 0 Å². The molecule has 0 unspecified atom stereocenters. The molecule has 0 fully saturated rings. The van der Waals surface area contributed by atoms with Crippen LogP contribution in [-0.2, 0) is 0 Å². The monoisotopic (exact) mass is 308 g/mol. The van der Waals surface area contributed by atoms with Crippen LogP contribution in [0.15, 0.2) is 41.4 Å². The van der Waals surface area contributed by atoms with Crippen LogP contribution in [-0.4, -0.2) is 36.6 Å². The number of aryl methyl sites for hydroxylation is 1. The molecule has 4 aromatic rings. The molecule has 23 heavy (non-hydrogen) atoms. The van der Waals surface area contributed by atoms with E-state index >= 15 is 0 Å². The number of aromatic nitrogens is 6. The van der Waals surface area contributed by atoms with Gasteiger partial charge in [-0.1, -0.05) is 5.16 Å². The van der Waals surface area contributed by atoms with E-state index in [2.05, 4.69) is 25.1 Å². The molecule has 0 saturated heterocycles. The molecule has 0 aliphatic rings. The quantitative estimate of drug-likeness (QED) is 0.572. The van der Waals surface area contributed by atoms with E-state index in [9.17, 15) is 0 Å². The molecular formula is C15H12N6O2. The number of fused-ring (bicyclic) bond motifs is 1. The van der Waals surface area contributed by atoms with Crippen LogP contribution in [0.3, 0.4) is 0 Å². The second kappa shape index (κ2) is 5.16. The van der Waals surface area contributed by atoms with Crippen LogP contribution in [0, 0.1) is 6.92 Å². The first kappa shape index (κ1) is 13.4. The van der Waals surface area contributed by atoms with Crippen LogP contribution < -0.4 is 4.74 Å². The number of hydrogen-bond donors (Lipinski definition) is 0. The molecule has 4 heterocycles. The third-order valence-electron chi connectivity index (χ3n) is 3.36. The van der Waals surface area contributed by atoms with Gasteiger partial charge in [-0.15, -0.1) is 0 Å². The fraction of sp³-hybridized carbons (Fsp3) is 0.133. The van der Waals surface area contributed by atoms with Gasteiger partial charge in [-0.25, -0.2) is 9.97 Å². The van der Waals surface area contributed by atoms with Crippen molar-refractivity contribution in [3.8, 4) is 28.9 Å². The van der Waals surface area contributed by atoms with Gasteiger partial charge >= 0.3 is 0 Å². The minimum absolute atomic E-state index is 0.396. The van der Waals surface area contributed by atoms with Gasteiger partial charge in [0, 0.05) is 29.7 Å². The Bertz CT molecular complexity index is 990. The molecule has 4 rings (SSSR count). The summed E-state index contributed by atoms with van der Waals surface area (Å²) in [5.74, 6) is 1.35. The number of nitrogens with zero attached hydrogens (tertiary/aromatic N) is 6. The van der Waals surface area contributed by atoms with Gasteiger partial charge in [0.1, 0.15) is 5.69 Å². The molecule has 0 aliphatic carbocycles. The summed E-state index contributed by atoms with van der Waals surface area (Å²) < 4.78 is 12.4. The van der Waals surface area contributed by atoms with Gasteiger partial charge in [-0.3, -0.25) is 9.38 Å². The zero-order valence-corrected chi connectivity index (χ0v) is 12.5. The summed E-state index contributed by atoms with van der Waals surface area (Å²) in [5.41, 5.74) is 3.01. The van der Waals surface area contributed by atoms with Crippen LogP contribution in [0.2, 0.25) is 0 Å². The molecule has 0 N–H and O–H groups in total. The highest BCUT2D eigenvalue weighted by Crippen LogP contribution is 2.25. The molecule has 0 aliphatic heterocycles. The smallest absolute Gasteiger partial charge is 0.258 e. The molecule has 8 nitrogen and oxygen atoms in total. The number of rotatable bonds is 3. The SMILES string of the molecule is COc1cc(-c2nc(-c3cnc4cnccn34)no2)cc(C)n1. The summed E-state index contributed by atoms with van der Waals surface area (Å²) in [7, 11) is 1.57. The van der Waals surface area contributed by atoms with E-state index < -0.39 is 0 Å². The summed E-state index contributed by atoms with van der Waals surface area (Å²) in [6.07, 6.45) is 6.83. The fourth-order valence-electron chi connectivity index (χ4n) is 2.32. The summed E-state index contributed by atoms with van der Waals surface area (Å²) in [4.78, 5) is 17.0. The van der Waals surface area contributed by atoms with Crippen molar-refractivity contribution < 1.29 is 9.26 Å². The van der Waals surface area contributed by atoms with Crippen molar-refractivity contribution in [3.05, 3.63) is 42.6 Å². The second-order valence-electron chi connectivity index (χ2n) is 4.91. The zero-order chi connectivity index (χ0) is 15.8. The largest absolute Gasteiger partial charge is 0.481 e. The molecule has 114 valence electrons. The minimum atomic E-state index is 0.396. The average molecular weight is 308 g/mol. The Kier molecular flexibility index (Phi) is 3.00. The van der Waals surface area contributed by atoms with Gasteiger partial charge < -0.3 is 9.26 Å². The third-order valence-corrected chi connectivity index (χ3v) is 3.36. The predicted octanol–water partition coefficient (Wildman–Crippen LogP) is 2.16. The van der Waals surface area contributed by atoms with Gasteiger partial charge in [-0.2, -0.15) is 4.98 Å². The number of methoxy groups -OCH3 is 1. The lowest BCUT2D eigenvalue weighted by molar-refractivity contribution is 0.396. The highest BCUT2D eigenvalue weighted by atomic mass is 16.5. The molecule has 0 bridgehead atoms. The lowest BCUT2D eigenvalue weighted by Gasteiger charge is -2.01. The van der Waals surface area contributed by atoms with Crippen molar-refractivity contribution >= 4 is 5.65 Å². The topological polar surface area (TPSA) is 91.2 Å². The Balaban J connectivity index is 1.79. The van der Waals surface area contributed by atoms with E-state index in [4.69, 9.17) is 9.26 Å². The molecule has 0 aromatic carbocycles. The molecule has 4 aromatic heterocycles. The lowest BCUT2D eigenvalue weighted by atomic mass is 10.2. The van der Waals surface area contributed by atoms with Crippen molar-refractivity contribution in [2.45, 2.75) is 6.92 Å². The summed E-state index contributed by atoms with van der Waals surface area (Å²) in [5, 5.41) is 4.04. The summed E-state index contributed by atoms with van der Waals surface area (Å²) in [6.45, 7) is 1.88. The summed E-state index contributed by atoms with van der Waals surface area (Å²) in [6, 6.07) is 3.61. The molecule has 0 atom stereocenters. The van der Waals surface area contributed by atoms with Crippen molar-refractivity contribution in [3.63, 3.8) is 0 Å². The highest BCUT2D eigenvalue weighted by Gasteiger charge is 2.15. The Morgan fingerprint density at radius 2 is 2.09 bits per heavy atom. The van der Waals surface area contributed by atoms with E-state index in [1.807, 2.05) is 17.4 Å². The maximum atomic E-state index is 5.38. The number of hydrogen-bond acceptors (Lipinski definition) is 7. The Morgan fingerprint density at radius 1 is 1.17 bits per heavy atom. The predicted molar refractivity (Wildman–Crippen MR) is 80.8 cm³/mol. The molecular weight excluding hydrogens is 296 g/mol. The zero-order valence-electron chi connectivity index (χ0n) is 12.5. The normalized spacial score (nSPS) is 11.0. The van der Waals surface area contributed by atoms with Gasteiger partial charge in [0.05, 0.1) is 19.5 Å². The first-order valence-electron chi connectivity index (χ1n) is 6.89.